The van der Waals surface area contributed by atoms with E-state index in [2.05, 4.69) is 10.3 Å². The minimum Gasteiger partial charge on any atom is -0.444 e. The first-order chi connectivity index (χ1) is 15.0. The lowest BCUT2D eigenvalue weighted by Gasteiger charge is -2.25. The summed E-state index contributed by atoms with van der Waals surface area (Å²) in [5.41, 5.74) is -0.666. The van der Waals surface area contributed by atoms with Gasteiger partial charge in [-0.3, -0.25) is 9.36 Å². The molecule has 1 saturated carbocycles. The van der Waals surface area contributed by atoms with Crippen molar-refractivity contribution in [3.8, 4) is 5.69 Å². The van der Waals surface area contributed by atoms with Gasteiger partial charge in [0.2, 0.25) is 0 Å². The van der Waals surface area contributed by atoms with Gasteiger partial charge in [-0.15, -0.1) is 0 Å². The molecule has 0 unspecified atom stereocenters. The van der Waals surface area contributed by atoms with Gasteiger partial charge in [0.25, 0.3) is 5.56 Å². The van der Waals surface area contributed by atoms with Crippen LogP contribution in [-0.2, 0) is 4.74 Å². The van der Waals surface area contributed by atoms with Crippen LogP contribution < -0.4 is 10.9 Å². The van der Waals surface area contributed by atoms with Gasteiger partial charge in [-0.05, 0) is 92.5 Å². The quantitative estimate of drug-likeness (QED) is 0.449. The maximum Gasteiger partial charge on any atom is 0.408 e. The molecule has 0 saturated heterocycles. The fraction of sp³-hybridized carbons (Fsp3) is 0.348. The summed E-state index contributed by atoms with van der Waals surface area (Å²) in [4.78, 5) is 30.8. The third-order valence-electron chi connectivity index (χ3n) is 5.03. The molecule has 1 heterocycles. The summed E-state index contributed by atoms with van der Waals surface area (Å²) < 4.78 is 35.3. The number of aromatic nitrogens is 2. The highest BCUT2D eigenvalue weighted by Gasteiger charge is 2.38. The SMILES string of the molecule is CC(C)(C)OC(=O)N[C@H](c1nc2c(I)cc(F)cc2c(=O)n1-c1cccc(F)c1)C1CC1. The van der Waals surface area contributed by atoms with Crippen molar-refractivity contribution < 1.29 is 18.3 Å². The van der Waals surface area contributed by atoms with Crippen molar-refractivity contribution >= 4 is 39.6 Å². The topological polar surface area (TPSA) is 73.2 Å². The Kier molecular flexibility index (Phi) is 5.95. The van der Waals surface area contributed by atoms with Crippen molar-refractivity contribution in [3.05, 3.63) is 67.8 Å². The molecule has 9 heteroatoms. The second-order valence-electron chi connectivity index (χ2n) is 8.84. The van der Waals surface area contributed by atoms with Gasteiger partial charge in [0, 0.05) is 3.57 Å². The lowest BCUT2D eigenvalue weighted by atomic mass is 10.1. The summed E-state index contributed by atoms with van der Waals surface area (Å²) in [7, 11) is 0. The number of alkyl carbamates (subject to hydrolysis) is 1. The highest BCUT2D eigenvalue weighted by atomic mass is 127. The number of nitrogens with one attached hydrogen (secondary N) is 1. The average molecular weight is 553 g/mol. The van der Waals surface area contributed by atoms with E-state index in [-0.39, 0.29) is 22.8 Å². The summed E-state index contributed by atoms with van der Waals surface area (Å²) in [5.74, 6) is -0.793. The molecule has 0 radical (unpaired) electrons. The molecule has 6 nitrogen and oxygen atoms in total. The number of rotatable bonds is 4. The molecule has 1 aliphatic rings. The van der Waals surface area contributed by atoms with Crippen LogP contribution >= 0.6 is 22.6 Å². The van der Waals surface area contributed by atoms with Gasteiger partial charge in [0.05, 0.1) is 22.6 Å². The number of carbonyl (C=O) groups is 1. The lowest BCUT2D eigenvalue weighted by molar-refractivity contribution is 0.0493. The van der Waals surface area contributed by atoms with E-state index in [1.54, 1.807) is 26.8 Å². The first-order valence-electron chi connectivity index (χ1n) is 10.2. The van der Waals surface area contributed by atoms with E-state index in [0.717, 1.165) is 18.9 Å². The Morgan fingerprint density at radius 1 is 1.22 bits per heavy atom. The number of hydrogen-bond acceptors (Lipinski definition) is 4. The number of amides is 1. The van der Waals surface area contributed by atoms with Crippen LogP contribution in [0.25, 0.3) is 16.6 Å². The van der Waals surface area contributed by atoms with Crippen molar-refractivity contribution in [1.29, 1.82) is 0 Å². The Labute approximate surface area is 197 Å². The normalized spacial score (nSPS) is 14.9. The molecule has 0 spiro atoms. The van der Waals surface area contributed by atoms with Crippen LogP contribution in [0.5, 0.6) is 0 Å². The van der Waals surface area contributed by atoms with Crippen LogP contribution in [0.1, 0.15) is 45.5 Å². The second-order valence-corrected chi connectivity index (χ2v) is 10.00. The first-order valence-corrected chi connectivity index (χ1v) is 11.3. The minimum absolute atomic E-state index is 0.0461. The third-order valence-corrected chi connectivity index (χ3v) is 5.85. The van der Waals surface area contributed by atoms with Crippen molar-refractivity contribution in [2.75, 3.05) is 0 Å². The highest BCUT2D eigenvalue weighted by Crippen LogP contribution is 2.41. The van der Waals surface area contributed by atoms with E-state index in [0.29, 0.717) is 9.09 Å². The molecule has 2 aromatic carbocycles. The van der Waals surface area contributed by atoms with Crippen molar-refractivity contribution in [2.24, 2.45) is 5.92 Å². The molecule has 1 fully saturated rings. The maximum absolute atomic E-state index is 14.1. The smallest absolute Gasteiger partial charge is 0.408 e. The number of ether oxygens (including phenoxy) is 1. The summed E-state index contributed by atoms with van der Waals surface area (Å²) >= 11 is 1.93. The number of benzene rings is 2. The van der Waals surface area contributed by atoms with Crippen LogP contribution in [0.4, 0.5) is 13.6 Å². The molecule has 1 N–H and O–H groups in total. The van der Waals surface area contributed by atoms with Crippen molar-refractivity contribution in [2.45, 2.75) is 45.3 Å². The van der Waals surface area contributed by atoms with Gasteiger partial charge < -0.3 is 10.1 Å². The van der Waals surface area contributed by atoms with Gasteiger partial charge in [0.1, 0.15) is 23.1 Å². The Hall–Kier alpha value is -2.56. The van der Waals surface area contributed by atoms with Crippen molar-refractivity contribution in [3.63, 3.8) is 0 Å². The molecule has 0 aliphatic heterocycles. The number of nitrogens with zero attached hydrogens (tertiary/aromatic N) is 2. The standard InChI is InChI=1S/C23H22F2IN3O3/c1-23(2,3)32-22(31)28-18(12-7-8-12)20-27-19-16(10-14(25)11-17(19)26)21(30)29(20)15-6-4-5-13(24)9-15/h4-6,9-12,18H,7-8H2,1-3H3,(H,28,31)/t18-/m0/s1. The van der Waals surface area contributed by atoms with Crippen molar-refractivity contribution in [1.82, 2.24) is 14.9 Å². The zero-order chi connectivity index (χ0) is 23.2. The van der Waals surface area contributed by atoms with Crippen LogP contribution in [0.2, 0.25) is 0 Å². The Balaban J connectivity index is 1.94. The number of hydrogen-bond donors (Lipinski definition) is 1. The van der Waals surface area contributed by atoms with E-state index in [4.69, 9.17) is 4.74 Å². The molecular formula is C23H22F2IN3O3. The summed E-state index contributed by atoms with van der Waals surface area (Å²) in [5, 5.41) is 2.92. The van der Waals surface area contributed by atoms with Gasteiger partial charge in [-0.25, -0.2) is 18.6 Å². The van der Waals surface area contributed by atoms with E-state index >= 15 is 0 Å². The predicted molar refractivity (Wildman–Crippen MR) is 125 cm³/mol. The van der Waals surface area contributed by atoms with E-state index < -0.39 is 34.9 Å². The lowest BCUT2D eigenvalue weighted by Crippen LogP contribution is -2.39. The van der Waals surface area contributed by atoms with Crippen LogP contribution in [0, 0.1) is 21.1 Å². The van der Waals surface area contributed by atoms with Crippen LogP contribution in [-0.4, -0.2) is 21.2 Å². The predicted octanol–water partition coefficient (Wildman–Crippen LogP) is 5.24. The molecular weight excluding hydrogens is 531 g/mol. The number of carbonyl (C=O) groups excluding carboxylic acids is 1. The highest BCUT2D eigenvalue weighted by molar-refractivity contribution is 14.1. The fourth-order valence-corrected chi connectivity index (χ4v) is 4.27. The second kappa shape index (κ2) is 8.42. The first kappa shape index (κ1) is 22.6. The Morgan fingerprint density at radius 2 is 1.94 bits per heavy atom. The summed E-state index contributed by atoms with van der Waals surface area (Å²) in [6, 6.07) is 7.31. The van der Waals surface area contributed by atoms with Gasteiger partial charge >= 0.3 is 6.09 Å². The van der Waals surface area contributed by atoms with Gasteiger partial charge in [-0.2, -0.15) is 0 Å². The number of fused-ring (bicyclic) bond motifs is 1. The average Bonchev–Trinajstić information content (AvgIpc) is 3.50. The Morgan fingerprint density at radius 3 is 2.56 bits per heavy atom. The zero-order valence-corrected chi connectivity index (χ0v) is 19.9. The Bertz CT molecular complexity index is 1270. The molecule has 1 amide bonds. The van der Waals surface area contributed by atoms with Gasteiger partial charge in [0.15, 0.2) is 0 Å². The molecule has 32 heavy (non-hydrogen) atoms. The molecule has 4 rings (SSSR count). The number of halogens is 3. The minimum atomic E-state index is -0.704. The molecule has 3 aromatic rings. The van der Waals surface area contributed by atoms with Crippen LogP contribution in [0.3, 0.4) is 0 Å². The third kappa shape index (κ3) is 4.77. The van der Waals surface area contributed by atoms with E-state index in [1.807, 2.05) is 22.6 Å². The largest absolute Gasteiger partial charge is 0.444 e. The fourth-order valence-electron chi connectivity index (χ4n) is 3.56. The van der Waals surface area contributed by atoms with Crippen LogP contribution in [0.15, 0.2) is 41.2 Å². The molecule has 1 aliphatic carbocycles. The molecule has 1 aromatic heterocycles. The molecule has 1 atom stereocenters. The monoisotopic (exact) mass is 553 g/mol. The van der Waals surface area contributed by atoms with E-state index in [1.165, 1.54) is 28.8 Å². The maximum atomic E-state index is 14.1. The molecule has 0 bridgehead atoms. The van der Waals surface area contributed by atoms with E-state index in [9.17, 15) is 18.4 Å². The zero-order valence-electron chi connectivity index (χ0n) is 17.8. The van der Waals surface area contributed by atoms with Gasteiger partial charge in [-0.1, -0.05) is 6.07 Å². The molecule has 168 valence electrons. The summed E-state index contributed by atoms with van der Waals surface area (Å²) in [6.45, 7) is 5.27. The summed E-state index contributed by atoms with van der Waals surface area (Å²) in [6.07, 6.45) is 1.03.